The Balaban J connectivity index is 1.97. The Kier molecular flexibility index (Phi) is 8.48. The summed E-state index contributed by atoms with van der Waals surface area (Å²) in [5.74, 6) is -0.921. The van der Waals surface area contributed by atoms with E-state index < -0.39 is 16.8 Å². The van der Waals surface area contributed by atoms with Crippen LogP contribution in [0.15, 0.2) is 77.3 Å². The van der Waals surface area contributed by atoms with E-state index >= 15 is 0 Å². The number of carbonyl (C=O) groups is 2. The summed E-state index contributed by atoms with van der Waals surface area (Å²) in [7, 11) is 0. The zero-order valence-corrected chi connectivity index (χ0v) is 20.0. The molecular weight excluding hydrogens is 456 g/mol. The highest BCUT2D eigenvalue weighted by Gasteiger charge is 2.42. The largest absolute Gasteiger partial charge is 0.489 e. The number of nitrogens with zero attached hydrogens (tertiary/aromatic N) is 1. The van der Waals surface area contributed by atoms with E-state index in [1.807, 2.05) is 30.3 Å². The van der Waals surface area contributed by atoms with Crippen LogP contribution in [0.25, 0.3) is 0 Å². The minimum Gasteiger partial charge on any atom is -0.489 e. The summed E-state index contributed by atoms with van der Waals surface area (Å²) in [4.78, 5) is 35.9. The van der Waals surface area contributed by atoms with Crippen LogP contribution in [-0.4, -0.2) is 28.4 Å². The van der Waals surface area contributed by atoms with Gasteiger partial charge in [-0.25, -0.2) is 4.79 Å². The standard InChI is InChI=1S/C25H26N2O6S/c1-16-22(25(29)32-13-14-34-18(3)28)23(24(27(30)31)17(2)26-16)20-11-7-8-12-21(20)33-15-19-9-5-4-6-10-19/h4-12,23,26H,13-15H2,1-3H3. The van der Waals surface area contributed by atoms with Gasteiger partial charge in [-0.15, -0.1) is 0 Å². The number of thioether (sulfide) groups is 1. The molecule has 1 aliphatic rings. The van der Waals surface area contributed by atoms with Crippen LogP contribution in [0.4, 0.5) is 0 Å². The van der Waals surface area contributed by atoms with Gasteiger partial charge in [-0.3, -0.25) is 14.9 Å². The number of esters is 1. The van der Waals surface area contributed by atoms with Crippen LogP contribution in [0.3, 0.4) is 0 Å². The number of nitrogens with one attached hydrogen (secondary N) is 1. The third-order valence-electron chi connectivity index (χ3n) is 5.23. The van der Waals surface area contributed by atoms with Crippen LogP contribution in [-0.2, 0) is 20.9 Å². The summed E-state index contributed by atoms with van der Waals surface area (Å²) < 4.78 is 11.4. The van der Waals surface area contributed by atoms with Gasteiger partial charge >= 0.3 is 5.97 Å². The Morgan fingerprint density at radius 2 is 1.74 bits per heavy atom. The minimum absolute atomic E-state index is 0.00915. The third-order valence-corrected chi connectivity index (χ3v) is 6.01. The maximum absolute atomic E-state index is 13.1. The van der Waals surface area contributed by atoms with Crippen molar-refractivity contribution in [2.75, 3.05) is 12.4 Å². The second-order valence-corrected chi connectivity index (χ2v) is 8.92. The lowest BCUT2D eigenvalue weighted by molar-refractivity contribution is -0.431. The van der Waals surface area contributed by atoms with Crippen LogP contribution in [0.2, 0.25) is 0 Å². The molecule has 0 saturated heterocycles. The first-order chi connectivity index (χ1) is 16.3. The van der Waals surface area contributed by atoms with E-state index in [-0.39, 0.29) is 29.6 Å². The van der Waals surface area contributed by atoms with Crippen molar-refractivity contribution in [2.24, 2.45) is 0 Å². The fourth-order valence-electron chi connectivity index (χ4n) is 3.78. The van der Waals surface area contributed by atoms with Gasteiger partial charge in [0.2, 0.25) is 0 Å². The van der Waals surface area contributed by atoms with Crippen molar-refractivity contribution >= 4 is 22.8 Å². The average Bonchev–Trinajstić information content (AvgIpc) is 2.80. The van der Waals surface area contributed by atoms with E-state index in [2.05, 4.69) is 5.32 Å². The third kappa shape index (κ3) is 6.05. The Hall–Kier alpha value is -3.59. The lowest BCUT2D eigenvalue weighted by Crippen LogP contribution is -2.32. The molecule has 34 heavy (non-hydrogen) atoms. The summed E-state index contributed by atoms with van der Waals surface area (Å²) in [6, 6.07) is 16.5. The van der Waals surface area contributed by atoms with Crippen LogP contribution < -0.4 is 10.1 Å². The Labute approximate surface area is 202 Å². The fraction of sp³-hybridized carbons (Fsp3) is 0.280. The molecular formula is C25H26N2O6S. The van der Waals surface area contributed by atoms with Gasteiger partial charge in [0.05, 0.1) is 16.2 Å². The molecule has 1 N–H and O–H groups in total. The maximum Gasteiger partial charge on any atom is 0.337 e. The van der Waals surface area contributed by atoms with E-state index in [0.29, 0.717) is 28.5 Å². The maximum atomic E-state index is 13.1. The van der Waals surface area contributed by atoms with Crippen molar-refractivity contribution < 1.29 is 24.0 Å². The number of allylic oxidation sites excluding steroid dienone is 3. The summed E-state index contributed by atoms with van der Waals surface area (Å²) in [6.45, 7) is 5.00. The molecule has 1 aliphatic heterocycles. The molecule has 8 nitrogen and oxygen atoms in total. The van der Waals surface area contributed by atoms with Crippen LogP contribution in [0.5, 0.6) is 5.75 Å². The molecule has 178 valence electrons. The quantitative estimate of drug-likeness (QED) is 0.240. The summed E-state index contributed by atoms with van der Waals surface area (Å²) >= 11 is 1.05. The predicted molar refractivity (Wildman–Crippen MR) is 130 cm³/mol. The van der Waals surface area contributed by atoms with Crippen molar-refractivity contribution in [3.63, 3.8) is 0 Å². The minimum atomic E-state index is -0.990. The van der Waals surface area contributed by atoms with Crippen molar-refractivity contribution in [3.05, 3.63) is 98.5 Å². The monoisotopic (exact) mass is 482 g/mol. The van der Waals surface area contributed by atoms with Crippen LogP contribution in [0, 0.1) is 10.1 Å². The molecule has 0 saturated carbocycles. The van der Waals surface area contributed by atoms with Gasteiger partial charge in [0.1, 0.15) is 24.9 Å². The number of para-hydroxylation sites is 1. The summed E-state index contributed by atoms with van der Waals surface area (Å²) in [5, 5.41) is 15.0. The number of nitro groups is 1. The zero-order valence-electron chi connectivity index (χ0n) is 19.2. The molecule has 1 atom stereocenters. The van der Waals surface area contributed by atoms with Crippen molar-refractivity contribution in [1.29, 1.82) is 0 Å². The highest BCUT2D eigenvalue weighted by molar-refractivity contribution is 8.13. The lowest BCUT2D eigenvalue weighted by atomic mass is 9.83. The topological polar surface area (TPSA) is 108 Å². The molecule has 0 fully saturated rings. The first-order valence-electron chi connectivity index (χ1n) is 10.7. The SMILES string of the molecule is CC(=O)SCCOC(=O)C1=C(C)NC(C)=C([N+](=O)[O-])C1c1ccccc1OCc1ccccc1. The van der Waals surface area contributed by atoms with Crippen LogP contribution >= 0.6 is 11.8 Å². The molecule has 1 heterocycles. The molecule has 1 unspecified atom stereocenters. The molecule has 3 rings (SSSR count). The molecule has 0 amide bonds. The molecule has 0 bridgehead atoms. The number of rotatable bonds is 9. The smallest absolute Gasteiger partial charge is 0.337 e. The number of hydrogen-bond acceptors (Lipinski definition) is 8. The van der Waals surface area contributed by atoms with Crippen molar-refractivity contribution in [1.82, 2.24) is 5.32 Å². The highest BCUT2D eigenvalue weighted by Crippen LogP contribution is 2.42. The lowest BCUT2D eigenvalue weighted by Gasteiger charge is -2.27. The number of dihydropyridines is 1. The Morgan fingerprint density at radius 1 is 1.06 bits per heavy atom. The number of hydrogen-bond donors (Lipinski definition) is 1. The van der Waals surface area contributed by atoms with Gasteiger partial charge in [0.25, 0.3) is 5.70 Å². The summed E-state index contributed by atoms with van der Waals surface area (Å²) in [5.41, 5.74) is 2.24. The summed E-state index contributed by atoms with van der Waals surface area (Å²) in [6.07, 6.45) is 0. The van der Waals surface area contributed by atoms with Crippen LogP contribution in [0.1, 0.15) is 37.8 Å². The van der Waals surface area contributed by atoms with E-state index in [1.54, 1.807) is 38.1 Å². The predicted octanol–water partition coefficient (Wildman–Crippen LogP) is 4.56. The first kappa shape index (κ1) is 25.0. The normalized spacial score (nSPS) is 15.6. The van der Waals surface area contributed by atoms with Crippen molar-refractivity contribution in [2.45, 2.75) is 33.3 Å². The van der Waals surface area contributed by atoms with E-state index in [0.717, 1.165) is 17.3 Å². The van der Waals surface area contributed by atoms with E-state index in [4.69, 9.17) is 9.47 Å². The molecule has 0 aromatic heterocycles. The van der Waals surface area contributed by atoms with Crippen molar-refractivity contribution in [3.8, 4) is 5.75 Å². The molecule has 0 radical (unpaired) electrons. The fourth-order valence-corrected chi connectivity index (χ4v) is 4.24. The Bertz CT molecular complexity index is 1140. The number of benzene rings is 2. The molecule has 0 aliphatic carbocycles. The van der Waals surface area contributed by atoms with Gasteiger partial charge in [-0.1, -0.05) is 60.3 Å². The van der Waals surface area contributed by atoms with E-state index in [9.17, 15) is 19.7 Å². The molecule has 2 aromatic carbocycles. The molecule has 0 spiro atoms. The average molecular weight is 483 g/mol. The second-order valence-electron chi connectivity index (χ2n) is 7.65. The van der Waals surface area contributed by atoms with E-state index in [1.165, 1.54) is 6.92 Å². The molecule has 9 heteroatoms. The molecule has 2 aromatic rings. The van der Waals surface area contributed by atoms with Gasteiger partial charge in [0.15, 0.2) is 5.12 Å². The van der Waals surface area contributed by atoms with Gasteiger partial charge in [-0.05, 0) is 25.5 Å². The number of carbonyl (C=O) groups excluding carboxylic acids is 2. The van der Waals surface area contributed by atoms with Gasteiger partial charge in [-0.2, -0.15) is 0 Å². The van der Waals surface area contributed by atoms with Gasteiger partial charge in [0, 0.05) is 23.9 Å². The highest BCUT2D eigenvalue weighted by atomic mass is 32.2. The Morgan fingerprint density at radius 3 is 2.41 bits per heavy atom. The van der Waals surface area contributed by atoms with Gasteiger partial charge < -0.3 is 14.8 Å². The zero-order chi connectivity index (χ0) is 24.7. The first-order valence-corrected chi connectivity index (χ1v) is 11.7. The number of ether oxygens (including phenoxy) is 2. The second kappa shape index (κ2) is 11.5.